The molecule has 1 aliphatic carbocycles. The van der Waals surface area contributed by atoms with Crippen LogP contribution in [0.25, 0.3) is 0 Å². The van der Waals surface area contributed by atoms with E-state index in [1.165, 1.54) is 19.1 Å². The largest absolute Gasteiger partial charge is 0.508 e. The highest BCUT2D eigenvalue weighted by Crippen LogP contribution is 2.50. The average molecular weight is 294 g/mol. The Bertz CT molecular complexity index is 527. The molecular formula is C17H23FO3. The maximum atomic E-state index is 15.2. The lowest BCUT2D eigenvalue weighted by Gasteiger charge is -2.32. The molecule has 0 spiro atoms. The van der Waals surface area contributed by atoms with E-state index >= 15 is 4.39 Å². The van der Waals surface area contributed by atoms with Crippen molar-refractivity contribution in [1.82, 2.24) is 0 Å². The third-order valence-electron chi connectivity index (χ3n) is 3.70. The van der Waals surface area contributed by atoms with E-state index in [1.807, 2.05) is 0 Å². The van der Waals surface area contributed by atoms with E-state index in [1.54, 1.807) is 32.9 Å². The van der Waals surface area contributed by atoms with Gasteiger partial charge < -0.3 is 9.84 Å². The first-order valence-electron chi connectivity index (χ1n) is 7.32. The highest BCUT2D eigenvalue weighted by Gasteiger charge is 2.51. The van der Waals surface area contributed by atoms with Crippen LogP contribution in [0.15, 0.2) is 24.3 Å². The highest BCUT2D eigenvalue weighted by atomic mass is 19.1. The van der Waals surface area contributed by atoms with Gasteiger partial charge in [-0.2, -0.15) is 0 Å². The summed E-state index contributed by atoms with van der Waals surface area (Å²) in [5.74, 6) is -1.22. The third-order valence-corrected chi connectivity index (χ3v) is 3.70. The van der Waals surface area contributed by atoms with Gasteiger partial charge in [-0.25, -0.2) is 9.18 Å². The Hall–Kier alpha value is -1.58. The number of alkyl halides is 1. The highest BCUT2D eigenvalue weighted by molar-refractivity contribution is 5.81. The van der Waals surface area contributed by atoms with Crippen molar-refractivity contribution in [2.75, 3.05) is 0 Å². The molecule has 1 aromatic carbocycles. The molecule has 1 N–H and O–H groups in total. The van der Waals surface area contributed by atoms with Crippen molar-refractivity contribution < 1.29 is 19.0 Å². The fourth-order valence-corrected chi connectivity index (χ4v) is 2.68. The first kappa shape index (κ1) is 15.8. The summed E-state index contributed by atoms with van der Waals surface area (Å²) in [7, 11) is 0. The Labute approximate surface area is 125 Å². The summed E-state index contributed by atoms with van der Waals surface area (Å²) < 4.78 is 20.5. The summed E-state index contributed by atoms with van der Waals surface area (Å²) in [5, 5.41) is 9.62. The molecule has 3 nitrogen and oxygen atoms in total. The maximum absolute atomic E-state index is 15.2. The molecule has 2 atom stereocenters. The molecule has 21 heavy (non-hydrogen) atoms. The van der Waals surface area contributed by atoms with Crippen molar-refractivity contribution in [3.63, 3.8) is 0 Å². The molecule has 0 bridgehead atoms. The third kappa shape index (κ3) is 3.74. The van der Waals surface area contributed by atoms with Crippen LogP contribution in [0.1, 0.15) is 52.0 Å². The van der Waals surface area contributed by atoms with Gasteiger partial charge in [0.15, 0.2) is 0 Å². The van der Waals surface area contributed by atoms with Crippen molar-refractivity contribution >= 4 is 5.97 Å². The van der Waals surface area contributed by atoms with Crippen LogP contribution in [0.5, 0.6) is 5.75 Å². The standard InChI is InChI=1S/C17H23FO3/c1-16(2,3)21-15(20)17(4,18)14(11-8-9-11)12-6-5-7-13(19)10-12/h5-7,10-11,14,19H,8-9H2,1-4H3/t14-,17?/m0/s1. The molecule has 116 valence electrons. The number of phenols is 1. The molecule has 2 rings (SSSR count). The van der Waals surface area contributed by atoms with E-state index < -0.39 is 23.2 Å². The minimum Gasteiger partial charge on any atom is -0.508 e. The molecule has 1 aromatic rings. The van der Waals surface area contributed by atoms with Gasteiger partial charge in [-0.1, -0.05) is 12.1 Å². The van der Waals surface area contributed by atoms with Crippen LogP contribution in [0.2, 0.25) is 0 Å². The first-order chi connectivity index (χ1) is 9.61. The Morgan fingerprint density at radius 2 is 1.95 bits per heavy atom. The van der Waals surface area contributed by atoms with E-state index in [2.05, 4.69) is 0 Å². The van der Waals surface area contributed by atoms with Gasteiger partial charge in [0.1, 0.15) is 11.4 Å². The molecule has 0 aromatic heterocycles. The van der Waals surface area contributed by atoms with Gasteiger partial charge >= 0.3 is 5.97 Å². The monoisotopic (exact) mass is 294 g/mol. The van der Waals surface area contributed by atoms with Gasteiger partial charge in [0, 0.05) is 5.92 Å². The van der Waals surface area contributed by atoms with Crippen molar-refractivity contribution in [3.05, 3.63) is 29.8 Å². The fraction of sp³-hybridized carbons (Fsp3) is 0.588. The predicted octanol–water partition coefficient (Wildman–Crippen LogP) is 3.96. The van der Waals surface area contributed by atoms with Crippen molar-refractivity contribution in [1.29, 1.82) is 0 Å². The zero-order valence-electron chi connectivity index (χ0n) is 13.0. The second kappa shape index (κ2) is 5.32. The van der Waals surface area contributed by atoms with Crippen LogP contribution in [-0.4, -0.2) is 22.3 Å². The van der Waals surface area contributed by atoms with Crippen LogP contribution >= 0.6 is 0 Å². The molecule has 4 heteroatoms. The number of carbonyl (C=O) groups excluding carboxylic acids is 1. The van der Waals surface area contributed by atoms with Gasteiger partial charge in [-0.05, 0) is 64.2 Å². The van der Waals surface area contributed by atoms with Crippen LogP contribution in [0, 0.1) is 5.92 Å². The van der Waals surface area contributed by atoms with Crippen LogP contribution in [0.3, 0.4) is 0 Å². The molecular weight excluding hydrogens is 271 g/mol. The van der Waals surface area contributed by atoms with Gasteiger partial charge in [-0.15, -0.1) is 0 Å². The number of hydrogen-bond donors (Lipinski definition) is 1. The Morgan fingerprint density at radius 3 is 2.43 bits per heavy atom. The summed E-state index contributed by atoms with van der Waals surface area (Å²) in [4.78, 5) is 12.3. The number of rotatable bonds is 4. The smallest absolute Gasteiger partial charge is 0.344 e. The lowest BCUT2D eigenvalue weighted by Crippen LogP contribution is -2.43. The number of hydrogen-bond acceptors (Lipinski definition) is 3. The summed E-state index contributed by atoms with van der Waals surface area (Å²) in [6, 6.07) is 6.50. The topological polar surface area (TPSA) is 46.5 Å². The summed E-state index contributed by atoms with van der Waals surface area (Å²) in [6.45, 7) is 6.46. The minimum atomic E-state index is -2.11. The zero-order chi connectivity index (χ0) is 15.8. The van der Waals surface area contributed by atoms with Gasteiger partial charge in [0.2, 0.25) is 5.67 Å². The molecule has 0 heterocycles. The number of ether oxygens (including phenoxy) is 1. The van der Waals surface area contributed by atoms with Crippen molar-refractivity contribution in [2.24, 2.45) is 5.92 Å². The molecule has 1 saturated carbocycles. The van der Waals surface area contributed by atoms with E-state index in [-0.39, 0.29) is 11.7 Å². The Balaban J connectivity index is 2.31. The normalized spacial score (nSPS) is 19.7. The second-order valence-electron chi connectivity index (χ2n) is 6.99. The number of carbonyl (C=O) groups is 1. The van der Waals surface area contributed by atoms with E-state index in [0.717, 1.165) is 12.8 Å². The molecule has 1 unspecified atom stereocenters. The number of halogens is 1. The zero-order valence-corrected chi connectivity index (χ0v) is 13.0. The minimum absolute atomic E-state index is 0.0816. The lowest BCUT2D eigenvalue weighted by molar-refractivity contribution is -0.170. The van der Waals surface area contributed by atoms with Gasteiger partial charge in [0.05, 0.1) is 0 Å². The SMILES string of the molecule is CC(C)(C)OC(=O)C(C)(F)[C@H](c1cccc(O)c1)C1CC1. The van der Waals surface area contributed by atoms with Gasteiger partial charge in [0.25, 0.3) is 0 Å². The molecule has 1 aliphatic rings. The number of benzene rings is 1. The number of aromatic hydroxyl groups is 1. The van der Waals surface area contributed by atoms with Crippen LogP contribution < -0.4 is 0 Å². The van der Waals surface area contributed by atoms with E-state index in [9.17, 15) is 9.90 Å². The molecule has 0 saturated heterocycles. The Kier molecular flexibility index (Phi) is 4.00. The van der Waals surface area contributed by atoms with Crippen molar-refractivity contribution in [3.8, 4) is 5.75 Å². The summed E-state index contributed by atoms with van der Waals surface area (Å²) in [5.41, 5.74) is -2.19. The summed E-state index contributed by atoms with van der Waals surface area (Å²) in [6.07, 6.45) is 1.78. The van der Waals surface area contributed by atoms with Crippen molar-refractivity contribution in [2.45, 2.75) is 57.7 Å². The van der Waals surface area contributed by atoms with E-state index in [0.29, 0.717) is 5.56 Å². The second-order valence-corrected chi connectivity index (χ2v) is 6.99. The molecule has 0 radical (unpaired) electrons. The summed E-state index contributed by atoms with van der Waals surface area (Å²) >= 11 is 0. The fourth-order valence-electron chi connectivity index (χ4n) is 2.68. The van der Waals surface area contributed by atoms with E-state index in [4.69, 9.17) is 4.74 Å². The number of phenolic OH excluding ortho intramolecular Hbond substituents is 1. The molecule has 0 amide bonds. The van der Waals surface area contributed by atoms with Crippen LogP contribution in [0.4, 0.5) is 4.39 Å². The number of esters is 1. The van der Waals surface area contributed by atoms with Gasteiger partial charge in [-0.3, -0.25) is 0 Å². The molecule has 1 fully saturated rings. The quantitative estimate of drug-likeness (QED) is 0.855. The molecule has 0 aliphatic heterocycles. The van der Waals surface area contributed by atoms with Crippen LogP contribution in [-0.2, 0) is 9.53 Å². The average Bonchev–Trinajstić information content (AvgIpc) is 3.11. The lowest BCUT2D eigenvalue weighted by atomic mass is 9.81. The first-order valence-corrected chi connectivity index (χ1v) is 7.32. The Morgan fingerprint density at radius 1 is 1.33 bits per heavy atom. The predicted molar refractivity (Wildman–Crippen MR) is 78.9 cm³/mol. The maximum Gasteiger partial charge on any atom is 0.344 e.